The highest BCUT2D eigenvalue weighted by atomic mass is 16.5. The first kappa shape index (κ1) is 16.5. The van der Waals surface area contributed by atoms with Crippen LogP contribution in [0.5, 0.6) is 0 Å². The van der Waals surface area contributed by atoms with E-state index >= 15 is 0 Å². The summed E-state index contributed by atoms with van der Waals surface area (Å²) in [5.74, 6) is -1.12. The van der Waals surface area contributed by atoms with Crippen LogP contribution >= 0.6 is 0 Å². The maximum atomic E-state index is 12.2. The van der Waals surface area contributed by atoms with E-state index in [9.17, 15) is 9.59 Å². The lowest BCUT2D eigenvalue weighted by Gasteiger charge is -2.26. The Morgan fingerprint density at radius 2 is 1.77 bits per heavy atom. The quantitative estimate of drug-likeness (QED) is 0.846. The number of nitrogens with one attached hydrogen (secondary N) is 1. The molecule has 1 fully saturated rings. The third-order valence-electron chi connectivity index (χ3n) is 4.36. The van der Waals surface area contributed by atoms with Gasteiger partial charge in [-0.25, -0.2) is 0 Å². The molecule has 1 aromatic rings. The molecule has 0 radical (unpaired) electrons. The number of rotatable bonds is 6. The van der Waals surface area contributed by atoms with E-state index in [1.54, 1.807) is 7.11 Å². The largest absolute Gasteiger partial charge is 0.481 e. The zero-order chi connectivity index (χ0) is 15.9. The summed E-state index contributed by atoms with van der Waals surface area (Å²) in [6.07, 6.45) is 2.29. The first-order chi connectivity index (χ1) is 10.6. The molecule has 2 N–H and O–H groups in total. The molecule has 2 rings (SSSR count). The van der Waals surface area contributed by atoms with Gasteiger partial charge in [-0.05, 0) is 31.2 Å². The van der Waals surface area contributed by atoms with Gasteiger partial charge in [-0.2, -0.15) is 0 Å². The molecule has 0 spiro atoms. The van der Waals surface area contributed by atoms with Gasteiger partial charge in [0, 0.05) is 19.6 Å². The Kier molecular flexibility index (Phi) is 5.95. The number of amides is 1. The zero-order valence-corrected chi connectivity index (χ0v) is 12.8. The Balaban J connectivity index is 1.81. The first-order valence-electron chi connectivity index (χ1n) is 7.70. The number of carboxylic acids is 1. The monoisotopic (exact) mass is 305 g/mol. The minimum absolute atomic E-state index is 0.00169. The summed E-state index contributed by atoms with van der Waals surface area (Å²) in [5.41, 5.74) is 1.03. The smallest absolute Gasteiger partial charge is 0.306 e. The van der Waals surface area contributed by atoms with Crippen molar-refractivity contribution in [2.45, 2.75) is 31.8 Å². The van der Waals surface area contributed by atoms with E-state index in [0.29, 0.717) is 32.2 Å². The van der Waals surface area contributed by atoms with Crippen molar-refractivity contribution in [3.63, 3.8) is 0 Å². The van der Waals surface area contributed by atoms with Gasteiger partial charge in [0.05, 0.1) is 12.0 Å². The van der Waals surface area contributed by atoms with E-state index < -0.39 is 5.97 Å². The molecule has 1 aliphatic carbocycles. The van der Waals surface area contributed by atoms with Crippen LogP contribution in [-0.2, 0) is 14.3 Å². The summed E-state index contributed by atoms with van der Waals surface area (Å²) < 4.78 is 5.43. The van der Waals surface area contributed by atoms with Crippen LogP contribution in [0.3, 0.4) is 0 Å². The molecular weight excluding hydrogens is 282 g/mol. The molecule has 0 heterocycles. The van der Waals surface area contributed by atoms with Gasteiger partial charge in [0.2, 0.25) is 5.91 Å². The molecule has 0 saturated heterocycles. The molecule has 1 amide bonds. The van der Waals surface area contributed by atoms with Crippen molar-refractivity contribution in [3.05, 3.63) is 35.9 Å². The molecule has 0 aliphatic heterocycles. The molecule has 1 atom stereocenters. The van der Waals surface area contributed by atoms with Crippen LogP contribution in [0.25, 0.3) is 0 Å². The fourth-order valence-electron chi connectivity index (χ4n) is 2.95. The number of carbonyl (C=O) groups is 2. The maximum absolute atomic E-state index is 12.2. The second-order valence-corrected chi connectivity index (χ2v) is 5.77. The molecule has 0 bridgehead atoms. The van der Waals surface area contributed by atoms with Gasteiger partial charge in [-0.1, -0.05) is 30.3 Å². The predicted molar refractivity (Wildman–Crippen MR) is 82.3 cm³/mol. The highest BCUT2D eigenvalue weighted by Crippen LogP contribution is 2.29. The first-order valence-corrected chi connectivity index (χ1v) is 7.70. The van der Waals surface area contributed by atoms with Crippen LogP contribution in [0, 0.1) is 11.8 Å². The van der Waals surface area contributed by atoms with E-state index in [2.05, 4.69) is 5.32 Å². The van der Waals surface area contributed by atoms with E-state index in [1.165, 1.54) is 0 Å². The van der Waals surface area contributed by atoms with Gasteiger partial charge in [0.15, 0.2) is 0 Å². The number of benzene rings is 1. The van der Waals surface area contributed by atoms with E-state index in [-0.39, 0.29) is 23.8 Å². The molecule has 5 heteroatoms. The summed E-state index contributed by atoms with van der Waals surface area (Å²) in [4.78, 5) is 23.1. The van der Waals surface area contributed by atoms with Crippen molar-refractivity contribution >= 4 is 11.9 Å². The number of hydrogen-bond acceptors (Lipinski definition) is 3. The van der Waals surface area contributed by atoms with Crippen molar-refractivity contribution in [1.29, 1.82) is 0 Å². The molecule has 1 aromatic carbocycles. The number of ether oxygens (including phenoxy) is 1. The highest BCUT2D eigenvalue weighted by molar-refractivity contribution is 5.79. The van der Waals surface area contributed by atoms with E-state index in [0.717, 1.165) is 5.56 Å². The highest BCUT2D eigenvalue weighted by Gasteiger charge is 2.29. The minimum Gasteiger partial charge on any atom is -0.481 e. The summed E-state index contributed by atoms with van der Waals surface area (Å²) >= 11 is 0. The number of carboxylic acid groups (broad SMARTS) is 1. The molecule has 22 heavy (non-hydrogen) atoms. The number of methoxy groups -OCH3 is 1. The Morgan fingerprint density at radius 3 is 2.32 bits per heavy atom. The molecule has 1 unspecified atom stereocenters. The van der Waals surface area contributed by atoms with Crippen LogP contribution in [-0.4, -0.2) is 30.6 Å². The average Bonchev–Trinajstić information content (AvgIpc) is 2.56. The summed E-state index contributed by atoms with van der Waals surface area (Å²) in [6.45, 7) is 0.429. The summed E-state index contributed by atoms with van der Waals surface area (Å²) in [5, 5.41) is 11.9. The Bertz CT molecular complexity index is 495. The maximum Gasteiger partial charge on any atom is 0.306 e. The second-order valence-electron chi connectivity index (χ2n) is 5.77. The van der Waals surface area contributed by atoms with Crippen molar-refractivity contribution in [2.75, 3.05) is 13.7 Å². The molecule has 1 saturated carbocycles. The van der Waals surface area contributed by atoms with Crippen molar-refractivity contribution in [2.24, 2.45) is 11.8 Å². The molecule has 1 aliphatic rings. The Hall–Kier alpha value is -1.88. The number of aliphatic carboxylic acids is 1. The van der Waals surface area contributed by atoms with Gasteiger partial charge < -0.3 is 15.2 Å². The standard InChI is InChI=1S/C17H23NO4/c1-22-15(12-5-3-2-4-6-12)11-18-16(19)13-7-9-14(10-8-13)17(20)21/h2-6,13-15H,7-11H2,1H3,(H,18,19)(H,20,21). The normalized spacial score (nSPS) is 22.8. The zero-order valence-electron chi connectivity index (χ0n) is 12.8. The summed E-state index contributed by atoms with van der Waals surface area (Å²) in [6, 6.07) is 9.76. The van der Waals surface area contributed by atoms with Crippen molar-refractivity contribution in [3.8, 4) is 0 Å². The molecule has 0 aromatic heterocycles. The average molecular weight is 305 g/mol. The second kappa shape index (κ2) is 7.94. The predicted octanol–water partition coefficient (Wildman–Crippen LogP) is 2.38. The van der Waals surface area contributed by atoms with Gasteiger partial charge in [-0.3, -0.25) is 9.59 Å². The van der Waals surface area contributed by atoms with Crippen LogP contribution in [0.4, 0.5) is 0 Å². The Morgan fingerprint density at radius 1 is 1.18 bits per heavy atom. The van der Waals surface area contributed by atoms with Gasteiger partial charge >= 0.3 is 5.97 Å². The van der Waals surface area contributed by atoms with Crippen LogP contribution in [0.1, 0.15) is 37.4 Å². The molecule has 120 valence electrons. The number of hydrogen-bond donors (Lipinski definition) is 2. The van der Waals surface area contributed by atoms with Crippen molar-refractivity contribution in [1.82, 2.24) is 5.32 Å². The van der Waals surface area contributed by atoms with Gasteiger partial charge in [0.1, 0.15) is 0 Å². The van der Waals surface area contributed by atoms with Crippen LogP contribution in [0.2, 0.25) is 0 Å². The Labute approximate surface area is 130 Å². The SMILES string of the molecule is COC(CNC(=O)C1CCC(C(=O)O)CC1)c1ccccc1. The lowest BCUT2D eigenvalue weighted by Crippen LogP contribution is -2.36. The van der Waals surface area contributed by atoms with Gasteiger partial charge in [0.25, 0.3) is 0 Å². The van der Waals surface area contributed by atoms with Crippen LogP contribution in [0.15, 0.2) is 30.3 Å². The van der Waals surface area contributed by atoms with E-state index in [4.69, 9.17) is 9.84 Å². The lowest BCUT2D eigenvalue weighted by atomic mass is 9.81. The van der Waals surface area contributed by atoms with Crippen molar-refractivity contribution < 1.29 is 19.4 Å². The lowest BCUT2D eigenvalue weighted by molar-refractivity contribution is -0.144. The minimum atomic E-state index is -0.748. The molecule has 5 nitrogen and oxygen atoms in total. The fraction of sp³-hybridized carbons (Fsp3) is 0.529. The van der Waals surface area contributed by atoms with Gasteiger partial charge in [-0.15, -0.1) is 0 Å². The van der Waals surface area contributed by atoms with Crippen LogP contribution < -0.4 is 5.32 Å². The fourth-order valence-corrected chi connectivity index (χ4v) is 2.95. The third-order valence-corrected chi connectivity index (χ3v) is 4.36. The van der Waals surface area contributed by atoms with E-state index in [1.807, 2.05) is 30.3 Å². The molecular formula is C17H23NO4. The summed E-state index contributed by atoms with van der Waals surface area (Å²) in [7, 11) is 1.63. The topological polar surface area (TPSA) is 75.6 Å². The third kappa shape index (κ3) is 4.31. The number of carbonyl (C=O) groups excluding carboxylic acids is 1.